The largest absolute Gasteiger partial charge is 2.00 e. The van der Waals surface area contributed by atoms with Gasteiger partial charge in [-0.15, -0.1) is 23.8 Å². The van der Waals surface area contributed by atoms with Crippen molar-refractivity contribution in [2.75, 3.05) is 4.90 Å². The van der Waals surface area contributed by atoms with Gasteiger partial charge >= 0.3 is 21.1 Å². The minimum absolute atomic E-state index is 0. The van der Waals surface area contributed by atoms with Crippen molar-refractivity contribution in [3.05, 3.63) is 165 Å². The number of aryl methyl sites for hydroxylation is 2. The van der Waals surface area contributed by atoms with Crippen molar-refractivity contribution >= 4 is 23.1 Å². The minimum atomic E-state index is -1.56. The summed E-state index contributed by atoms with van der Waals surface area (Å²) in [4.78, 5) is 12.4. The molecule has 320 valence electrons. The molecular formula is C56H59N3O2Pt. The summed E-state index contributed by atoms with van der Waals surface area (Å²) in [5, 5.41) is 0. The van der Waals surface area contributed by atoms with E-state index in [1.807, 2.05) is 19.2 Å². The van der Waals surface area contributed by atoms with Crippen molar-refractivity contribution in [3.63, 3.8) is 0 Å². The summed E-state index contributed by atoms with van der Waals surface area (Å²) in [7, 11) is 0. The molecule has 5 nitrogen and oxygen atoms in total. The number of rotatable bonds is 7. The van der Waals surface area contributed by atoms with Gasteiger partial charge in [-0.25, -0.2) is 4.98 Å². The summed E-state index contributed by atoms with van der Waals surface area (Å²) >= 11 is 0. The van der Waals surface area contributed by atoms with Crippen LogP contribution in [0.15, 0.2) is 102 Å². The van der Waals surface area contributed by atoms with Crippen LogP contribution < -0.4 is 9.64 Å². The second-order valence-electron chi connectivity index (χ2n) is 19.6. The molecule has 1 aromatic heterocycles. The van der Waals surface area contributed by atoms with Crippen LogP contribution in [0.2, 0.25) is 0 Å². The quantitative estimate of drug-likeness (QED) is 0.150. The van der Waals surface area contributed by atoms with Crippen LogP contribution in [0.4, 0.5) is 17.2 Å². The smallest absolute Gasteiger partial charge is 0.508 e. The minimum Gasteiger partial charge on any atom is -0.508 e. The van der Waals surface area contributed by atoms with Crippen LogP contribution >= 0.6 is 0 Å². The molecule has 1 aliphatic carbocycles. The van der Waals surface area contributed by atoms with Crippen molar-refractivity contribution in [1.29, 1.82) is 0 Å². The predicted octanol–water partition coefficient (Wildman–Crippen LogP) is 14.4. The molecule has 0 N–H and O–H groups in total. The average molecular weight is 1000 g/mol. The van der Waals surface area contributed by atoms with Crippen molar-refractivity contribution in [2.45, 2.75) is 130 Å². The zero-order chi connectivity index (χ0) is 45.0. The SMILES string of the molecule is [2H]C1([2H])C[C@H]2N=C(c3[c-]c(Oc4[c-]c5c(cc4)C(C)(C)c4ccccc4N5c4cc(C(C)(C)C)ccn4)cc(-c4c(C(C)C)cccc4C(C)C)c3)O[C@@]2(C)c2cc(C)cc(C)c21.[Pt+2]. The number of aliphatic imine (C=N–C) groups is 1. The Morgan fingerprint density at radius 3 is 2.26 bits per heavy atom. The molecule has 6 heteroatoms. The summed E-state index contributed by atoms with van der Waals surface area (Å²) in [6, 6.07) is 38.9. The molecule has 5 aromatic carbocycles. The number of aromatic nitrogens is 1. The Labute approximate surface area is 387 Å². The number of hydrogen-bond donors (Lipinski definition) is 0. The third-order valence-corrected chi connectivity index (χ3v) is 13.1. The molecule has 2 atom stereocenters. The molecule has 0 amide bonds. The molecule has 0 spiro atoms. The van der Waals surface area contributed by atoms with E-state index >= 15 is 0 Å². The van der Waals surface area contributed by atoms with E-state index in [0.29, 0.717) is 28.5 Å². The molecule has 0 bridgehead atoms. The Bertz CT molecular complexity index is 2810. The second kappa shape index (κ2) is 16.0. The molecule has 3 aliphatic rings. The summed E-state index contributed by atoms with van der Waals surface area (Å²) < 4.78 is 32.4. The van der Waals surface area contributed by atoms with Gasteiger partial charge in [0.2, 0.25) is 0 Å². The van der Waals surface area contributed by atoms with Gasteiger partial charge in [0.05, 0.1) is 6.04 Å². The number of benzene rings is 5. The molecule has 0 saturated heterocycles. The van der Waals surface area contributed by atoms with Crippen LogP contribution in [-0.2, 0) is 48.6 Å². The van der Waals surface area contributed by atoms with Gasteiger partial charge in [-0.05, 0) is 119 Å². The topological polar surface area (TPSA) is 47.0 Å². The zero-order valence-corrected chi connectivity index (χ0v) is 40.4. The van der Waals surface area contributed by atoms with Gasteiger partial charge in [-0.1, -0.05) is 145 Å². The summed E-state index contributed by atoms with van der Waals surface area (Å²) in [6.45, 7) is 26.3. The maximum Gasteiger partial charge on any atom is 2.00 e. The normalized spacial score (nSPS) is 19.9. The molecule has 2 aliphatic heterocycles. The number of fused-ring (bicyclic) bond motifs is 5. The first-order valence-corrected chi connectivity index (χ1v) is 21.9. The maximum atomic E-state index is 9.20. The average Bonchev–Trinajstić information content (AvgIpc) is 3.56. The van der Waals surface area contributed by atoms with Gasteiger partial charge in [0.15, 0.2) is 0 Å². The predicted molar refractivity (Wildman–Crippen MR) is 251 cm³/mol. The molecular weight excluding hydrogens is 942 g/mol. The summed E-state index contributed by atoms with van der Waals surface area (Å²) in [5.74, 6) is 2.85. The fraction of sp³-hybridized carbons (Fsp3) is 0.357. The van der Waals surface area contributed by atoms with Gasteiger partial charge in [0.1, 0.15) is 17.3 Å². The number of nitrogens with zero attached hydrogens (tertiary/aromatic N) is 3. The van der Waals surface area contributed by atoms with Gasteiger partial charge in [0.25, 0.3) is 0 Å². The molecule has 0 fully saturated rings. The van der Waals surface area contributed by atoms with E-state index in [1.54, 1.807) is 0 Å². The van der Waals surface area contributed by atoms with Crippen LogP contribution in [0.5, 0.6) is 11.5 Å². The molecule has 6 aromatic rings. The first-order chi connectivity index (χ1) is 29.7. The third-order valence-electron chi connectivity index (χ3n) is 13.1. The van der Waals surface area contributed by atoms with E-state index in [9.17, 15) is 2.74 Å². The third kappa shape index (κ3) is 7.42. The number of anilines is 3. The summed E-state index contributed by atoms with van der Waals surface area (Å²) in [5.41, 5.74) is 13.1. The van der Waals surface area contributed by atoms with Gasteiger partial charge in [0, 0.05) is 26.1 Å². The fourth-order valence-corrected chi connectivity index (χ4v) is 9.72. The zero-order valence-electron chi connectivity index (χ0n) is 40.2. The van der Waals surface area contributed by atoms with Gasteiger partial charge in [-0.2, -0.15) is 6.07 Å². The molecule has 0 radical (unpaired) electrons. The van der Waals surface area contributed by atoms with Crippen molar-refractivity contribution in [3.8, 4) is 22.6 Å². The van der Waals surface area contributed by atoms with E-state index in [-0.39, 0.29) is 50.2 Å². The van der Waals surface area contributed by atoms with E-state index in [2.05, 4.69) is 178 Å². The standard InChI is InChI=1S/C56H59N3O2.Pt/c1-33(2)42-16-15-17-43(34(3)4)52(42)37-28-38(53-58-50-23-21-44-36(6)26-35(5)27-47(44)56(50,12)61-53)30-41(29-37)60-40-20-22-46-49(32-40)59(48-19-14-13-18-45(48)55(46,10)11)51-31-39(24-25-57-51)54(7,8)9;/h13-20,22,24-29,31,33-34,50H,21,23H2,1-12H3;/q-2;+2/t50-,56+;/m1./s1/i21D2;. The first kappa shape index (κ1) is 41.0. The van der Waals surface area contributed by atoms with Crippen LogP contribution in [-0.4, -0.2) is 16.9 Å². The molecule has 62 heavy (non-hydrogen) atoms. The van der Waals surface area contributed by atoms with Gasteiger partial charge in [-0.3, -0.25) is 4.99 Å². The van der Waals surface area contributed by atoms with Crippen LogP contribution in [0.1, 0.15) is 146 Å². The number of para-hydroxylation sites is 1. The summed E-state index contributed by atoms with van der Waals surface area (Å²) in [6.07, 6.45) is 0.560. The Morgan fingerprint density at radius 2 is 1.55 bits per heavy atom. The Hall–Kier alpha value is -4.99. The van der Waals surface area contributed by atoms with E-state index in [4.69, 9.17) is 19.5 Å². The molecule has 0 unspecified atom stereocenters. The van der Waals surface area contributed by atoms with Crippen LogP contribution in [0, 0.1) is 26.0 Å². The fourth-order valence-electron chi connectivity index (χ4n) is 9.72. The van der Waals surface area contributed by atoms with Crippen LogP contribution in [0.25, 0.3) is 11.1 Å². The van der Waals surface area contributed by atoms with E-state index in [1.165, 1.54) is 27.8 Å². The Morgan fingerprint density at radius 1 is 0.823 bits per heavy atom. The van der Waals surface area contributed by atoms with Gasteiger partial charge < -0.3 is 14.4 Å². The van der Waals surface area contributed by atoms with Crippen LogP contribution in [0.3, 0.4) is 0 Å². The molecule has 3 heterocycles. The van der Waals surface area contributed by atoms with Crippen molar-refractivity contribution in [2.24, 2.45) is 4.99 Å². The maximum absolute atomic E-state index is 9.20. The molecule has 9 rings (SSSR count). The van der Waals surface area contributed by atoms with E-state index < -0.39 is 18.0 Å². The monoisotopic (exact) mass is 1000 g/mol. The Balaban J connectivity index is 0.00000560. The van der Waals surface area contributed by atoms with Crippen molar-refractivity contribution < 1.29 is 33.3 Å². The number of hydrogen-bond acceptors (Lipinski definition) is 5. The molecule has 0 saturated carbocycles. The first-order valence-electron chi connectivity index (χ1n) is 22.9. The Kier molecular flexibility index (Phi) is 10.6. The number of ether oxygens (including phenoxy) is 2. The van der Waals surface area contributed by atoms with Crippen molar-refractivity contribution in [1.82, 2.24) is 4.98 Å². The van der Waals surface area contributed by atoms with E-state index in [0.717, 1.165) is 45.0 Å². The number of pyridine rings is 1. The second-order valence-corrected chi connectivity index (χ2v) is 19.6.